The predicted octanol–water partition coefficient (Wildman–Crippen LogP) is 3.79. The first kappa shape index (κ1) is 20.9. The van der Waals surface area contributed by atoms with Crippen molar-refractivity contribution in [1.82, 2.24) is 14.8 Å². The summed E-state index contributed by atoms with van der Waals surface area (Å²) in [6.45, 7) is 6.14. The average molecular weight is 414 g/mol. The molecule has 0 saturated heterocycles. The van der Waals surface area contributed by atoms with Gasteiger partial charge in [-0.2, -0.15) is 0 Å². The number of nitrogens with two attached hydrogens (primary N) is 1. The summed E-state index contributed by atoms with van der Waals surface area (Å²) in [5.41, 5.74) is 8.28. The fourth-order valence-electron chi connectivity index (χ4n) is 3.11. The maximum absolute atomic E-state index is 13.2. The van der Waals surface area contributed by atoms with Gasteiger partial charge in [-0.1, -0.05) is 23.9 Å². The molecule has 2 aromatic carbocycles. The lowest BCUT2D eigenvalue weighted by Crippen LogP contribution is -2.21. The topological polar surface area (TPSA) is 77.0 Å². The summed E-state index contributed by atoms with van der Waals surface area (Å²) >= 11 is 1.20. The van der Waals surface area contributed by atoms with E-state index >= 15 is 0 Å². The number of carbonyl (C=O) groups excluding carboxylic acids is 1. The third kappa shape index (κ3) is 4.59. The summed E-state index contributed by atoms with van der Waals surface area (Å²) in [5, 5.41) is 8.39. The number of thioether (sulfide) groups is 1. The van der Waals surface area contributed by atoms with Gasteiger partial charge in [-0.25, -0.2) is 4.39 Å². The highest BCUT2D eigenvalue weighted by Crippen LogP contribution is 2.35. The van der Waals surface area contributed by atoms with Crippen LogP contribution in [-0.4, -0.2) is 33.8 Å². The van der Waals surface area contributed by atoms with E-state index in [-0.39, 0.29) is 5.82 Å². The summed E-state index contributed by atoms with van der Waals surface area (Å²) in [7, 11) is 1.85. The van der Waals surface area contributed by atoms with Gasteiger partial charge in [-0.3, -0.25) is 4.79 Å². The summed E-state index contributed by atoms with van der Waals surface area (Å²) in [6.07, 6.45) is 0. The zero-order valence-electron chi connectivity index (χ0n) is 16.7. The van der Waals surface area contributed by atoms with Crippen molar-refractivity contribution in [3.63, 3.8) is 0 Å². The number of carbonyl (C=O) groups is 1. The molecule has 0 aliphatic carbocycles. The van der Waals surface area contributed by atoms with Crippen LogP contribution in [0.1, 0.15) is 24.7 Å². The lowest BCUT2D eigenvalue weighted by atomic mass is 10.1. The first-order chi connectivity index (χ1) is 13.9. The van der Waals surface area contributed by atoms with E-state index in [0.29, 0.717) is 16.5 Å². The molecular weight excluding hydrogens is 389 g/mol. The third-order valence-electron chi connectivity index (χ3n) is 4.74. The highest BCUT2D eigenvalue weighted by atomic mass is 32.2. The Bertz CT molecular complexity index is 968. The van der Waals surface area contributed by atoms with Crippen molar-refractivity contribution >= 4 is 23.4 Å². The fourth-order valence-corrected chi connectivity index (χ4v) is 4.07. The van der Waals surface area contributed by atoms with Crippen molar-refractivity contribution in [2.24, 2.45) is 12.8 Å². The van der Waals surface area contributed by atoms with Gasteiger partial charge in [0, 0.05) is 31.4 Å². The largest absolute Gasteiger partial charge is 0.372 e. The van der Waals surface area contributed by atoms with Crippen LogP contribution >= 0.6 is 11.8 Å². The van der Waals surface area contributed by atoms with Crippen LogP contribution in [0.25, 0.3) is 11.4 Å². The number of rotatable bonds is 8. The molecule has 0 saturated carbocycles. The van der Waals surface area contributed by atoms with Gasteiger partial charge in [0.25, 0.3) is 0 Å². The molecule has 1 amide bonds. The summed E-state index contributed by atoms with van der Waals surface area (Å²) in [6, 6.07) is 13.9. The number of primary amides is 1. The first-order valence-corrected chi connectivity index (χ1v) is 10.3. The molecule has 0 radical (unpaired) electrons. The second kappa shape index (κ2) is 9.09. The van der Waals surface area contributed by atoms with E-state index in [2.05, 4.69) is 41.1 Å². The number of halogens is 1. The Labute approximate surface area is 173 Å². The fraction of sp³-hybridized carbons (Fsp3) is 0.286. The molecule has 3 aromatic rings. The van der Waals surface area contributed by atoms with Gasteiger partial charge in [-0.15, -0.1) is 10.2 Å². The molecule has 6 nitrogen and oxygen atoms in total. The van der Waals surface area contributed by atoms with Gasteiger partial charge >= 0.3 is 0 Å². The third-order valence-corrected chi connectivity index (χ3v) is 6.05. The SMILES string of the molecule is CCN(CC)c1ccc(-c2nnc(SC(C(N)=O)c3ccc(F)cc3)n2C)cc1. The molecule has 0 fully saturated rings. The molecule has 29 heavy (non-hydrogen) atoms. The smallest absolute Gasteiger partial charge is 0.235 e. The molecule has 0 spiro atoms. The average Bonchev–Trinajstić information content (AvgIpc) is 3.08. The van der Waals surface area contributed by atoms with Crippen molar-refractivity contribution in [1.29, 1.82) is 0 Å². The number of amides is 1. The normalized spacial score (nSPS) is 12.0. The number of benzene rings is 2. The van der Waals surface area contributed by atoms with Gasteiger partial charge in [-0.05, 0) is 55.8 Å². The summed E-state index contributed by atoms with van der Waals surface area (Å²) < 4.78 is 15.0. The molecule has 3 rings (SSSR count). The van der Waals surface area contributed by atoms with Crippen LogP contribution < -0.4 is 10.6 Å². The molecule has 1 aromatic heterocycles. The minimum atomic E-state index is -0.684. The van der Waals surface area contributed by atoms with E-state index in [1.54, 1.807) is 12.1 Å². The lowest BCUT2D eigenvalue weighted by molar-refractivity contribution is -0.117. The Balaban J connectivity index is 1.84. The Morgan fingerprint density at radius 3 is 2.28 bits per heavy atom. The van der Waals surface area contributed by atoms with Crippen LogP contribution in [0.5, 0.6) is 0 Å². The van der Waals surface area contributed by atoms with Gasteiger partial charge in [0.05, 0.1) is 0 Å². The lowest BCUT2D eigenvalue weighted by Gasteiger charge is -2.21. The summed E-state index contributed by atoms with van der Waals surface area (Å²) in [4.78, 5) is 14.2. The van der Waals surface area contributed by atoms with Crippen LogP contribution in [0.15, 0.2) is 53.7 Å². The van der Waals surface area contributed by atoms with Crippen molar-refractivity contribution in [2.75, 3.05) is 18.0 Å². The van der Waals surface area contributed by atoms with Crippen molar-refractivity contribution in [2.45, 2.75) is 24.3 Å². The molecule has 152 valence electrons. The number of hydrogen-bond acceptors (Lipinski definition) is 5. The quantitative estimate of drug-likeness (QED) is 0.569. The van der Waals surface area contributed by atoms with Gasteiger partial charge in [0.15, 0.2) is 11.0 Å². The van der Waals surface area contributed by atoms with E-state index in [4.69, 9.17) is 5.73 Å². The minimum Gasteiger partial charge on any atom is -0.372 e. The summed E-state index contributed by atoms with van der Waals surface area (Å²) in [5.74, 6) is -0.188. The molecular formula is C21H24FN5OS. The van der Waals surface area contributed by atoms with Gasteiger partial charge in [0.1, 0.15) is 11.1 Å². The second-order valence-electron chi connectivity index (χ2n) is 6.54. The monoisotopic (exact) mass is 413 g/mol. The molecule has 1 unspecified atom stereocenters. The number of hydrogen-bond donors (Lipinski definition) is 1. The molecule has 2 N–H and O–H groups in total. The Morgan fingerprint density at radius 2 is 1.72 bits per heavy atom. The Morgan fingerprint density at radius 1 is 1.10 bits per heavy atom. The second-order valence-corrected chi connectivity index (χ2v) is 7.61. The molecule has 8 heteroatoms. The van der Waals surface area contributed by atoms with E-state index in [1.165, 1.54) is 23.9 Å². The van der Waals surface area contributed by atoms with Crippen LogP contribution in [0.3, 0.4) is 0 Å². The highest BCUT2D eigenvalue weighted by molar-refractivity contribution is 8.00. The predicted molar refractivity (Wildman–Crippen MR) is 114 cm³/mol. The van der Waals surface area contributed by atoms with Gasteiger partial charge < -0.3 is 15.2 Å². The van der Waals surface area contributed by atoms with Gasteiger partial charge in [0.2, 0.25) is 5.91 Å². The Kier molecular flexibility index (Phi) is 6.53. The maximum atomic E-state index is 13.2. The van der Waals surface area contributed by atoms with E-state index < -0.39 is 11.2 Å². The molecule has 0 aliphatic rings. The molecule has 0 aliphatic heterocycles. The van der Waals surface area contributed by atoms with Crippen molar-refractivity contribution < 1.29 is 9.18 Å². The van der Waals surface area contributed by atoms with E-state index in [9.17, 15) is 9.18 Å². The van der Waals surface area contributed by atoms with Crippen molar-refractivity contribution in [3.05, 3.63) is 59.9 Å². The van der Waals surface area contributed by atoms with Crippen LogP contribution in [0.4, 0.5) is 10.1 Å². The Hall–Kier alpha value is -2.87. The number of anilines is 1. The minimum absolute atomic E-state index is 0.365. The van der Waals surface area contributed by atoms with Crippen LogP contribution in [0, 0.1) is 5.82 Å². The number of nitrogens with zero attached hydrogens (tertiary/aromatic N) is 4. The van der Waals surface area contributed by atoms with Crippen LogP contribution in [0.2, 0.25) is 0 Å². The molecule has 1 atom stereocenters. The zero-order valence-corrected chi connectivity index (χ0v) is 17.5. The van der Waals surface area contributed by atoms with E-state index in [1.807, 2.05) is 23.7 Å². The molecule has 0 bridgehead atoms. The van der Waals surface area contributed by atoms with Crippen LogP contribution in [-0.2, 0) is 11.8 Å². The highest BCUT2D eigenvalue weighted by Gasteiger charge is 2.23. The van der Waals surface area contributed by atoms with E-state index in [0.717, 1.165) is 24.3 Å². The van der Waals surface area contributed by atoms with Crippen molar-refractivity contribution in [3.8, 4) is 11.4 Å². The standard InChI is InChI=1S/C21H24FN5OS/c1-4-27(5-2)17-12-8-15(9-13-17)20-24-25-21(26(20)3)29-18(19(23)28)14-6-10-16(22)11-7-14/h6-13,18H,4-5H2,1-3H3,(H2,23,28). The maximum Gasteiger partial charge on any atom is 0.235 e. The zero-order chi connectivity index (χ0) is 21.0. The first-order valence-electron chi connectivity index (χ1n) is 9.40. The molecule has 1 heterocycles. The number of aromatic nitrogens is 3.